The van der Waals surface area contributed by atoms with E-state index in [1.165, 1.54) is 10.9 Å². The summed E-state index contributed by atoms with van der Waals surface area (Å²) in [5.74, 6) is -0.418. The smallest absolute Gasteiger partial charge is 0.264 e. The molecule has 1 heterocycles. The molecule has 0 unspecified atom stereocenters. The van der Waals surface area contributed by atoms with Gasteiger partial charge in [0.05, 0.1) is 12.9 Å². The van der Waals surface area contributed by atoms with Gasteiger partial charge in [0.15, 0.2) is 0 Å². The van der Waals surface area contributed by atoms with E-state index in [1.54, 1.807) is 19.2 Å². The molecule has 9 heteroatoms. The van der Waals surface area contributed by atoms with Crippen molar-refractivity contribution in [3.05, 3.63) is 41.3 Å². The maximum absolute atomic E-state index is 12.8. The molecule has 0 atom stereocenters. The number of benzene rings is 1. The zero-order valence-electron chi connectivity index (χ0n) is 14.4. The van der Waals surface area contributed by atoms with E-state index in [9.17, 15) is 13.2 Å². The number of hydrogen-bond donors (Lipinski definition) is 1. The molecule has 0 spiro atoms. The molecule has 1 N–H and O–H groups in total. The van der Waals surface area contributed by atoms with Crippen LogP contribution in [0, 0.1) is 6.92 Å². The zero-order valence-corrected chi connectivity index (χ0v) is 15.9. The highest BCUT2D eigenvalue weighted by Crippen LogP contribution is 2.23. The van der Waals surface area contributed by atoms with Crippen molar-refractivity contribution in [2.24, 2.45) is 7.05 Å². The quantitative estimate of drug-likeness (QED) is 0.794. The van der Waals surface area contributed by atoms with Crippen LogP contribution < -0.4 is 5.32 Å². The van der Waals surface area contributed by atoms with Crippen LogP contribution in [0.4, 0.5) is 5.69 Å². The van der Waals surface area contributed by atoms with Crippen LogP contribution in [0.2, 0.25) is 5.15 Å². The summed E-state index contributed by atoms with van der Waals surface area (Å²) in [5.41, 5.74) is 1.55. The summed E-state index contributed by atoms with van der Waals surface area (Å²) in [6.07, 6.45) is 1.88. The Kier molecular flexibility index (Phi) is 6.21. The number of carbonyl (C=O) groups is 1. The van der Waals surface area contributed by atoms with Gasteiger partial charge in [0.1, 0.15) is 5.15 Å². The molecule has 2 rings (SSSR count). The first kappa shape index (κ1) is 19.4. The SMILES string of the molecule is CCCN(CC(=O)Nc1ccccc1C)S(=O)(=O)c1ncn(C)c1Cl. The molecule has 0 aliphatic heterocycles. The number of hydrogen-bond acceptors (Lipinski definition) is 4. The molecule has 0 bridgehead atoms. The largest absolute Gasteiger partial charge is 0.325 e. The minimum absolute atomic E-state index is 0.0143. The minimum atomic E-state index is -3.96. The van der Waals surface area contributed by atoms with Crippen LogP contribution in [0.5, 0.6) is 0 Å². The van der Waals surface area contributed by atoms with Gasteiger partial charge in [0.2, 0.25) is 10.9 Å². The molecule has 0 aliphatic rings. The van der Waals surface area contributed by atoms with Crippen molar-refractivity contribution in [3.8, 4) is 0 Å². The molecular formula is C16H21ClN4O3S. The summed E-state index contributed by atoms with van der Waals surface area (Å²) in [4.78, 5) is 16.2. The zero-order chi connectivity index (χ0) is 18.6. The van der Waals surface area contributed by atoms with Crippen LogP contribution in [-0.2, 0) is 21.9 Å². The molecule has 0 fully saturated rings. The second kappa shape index (κ2) is 7.99. The van der Waals surface area contributed by atoms with Crippen molar-refractivity contribution in [1.82, 2.24) is 13.9 Å². The van der Waals surface area contributed by atoms with Crippen molar-refractivity contribution in [2.45, 2.75) is 25.3 Å². The number of carbonyl (C=O) groups excluding carboxylic acids is 1. The number of amides is 1. The highest BCUT2D eigenvalue weighted by Gasteiger charge is 2.31. The highest BCUT2D eigenvalue weighted by atomic mass is 35.5. The van der Waals surface area contributed by atoms with Crippen molar-refractivity contribution in [1.29, 1.82) is 0 Å². The van der Waals surface area contributed by atoms with Crippen molar-refractivity contribution >= 4 is 33.2 Å². The molecule has 0 radical (unpaired) electrons. The second-order valence-electron chi connectivity index (χ2n) is 5.65. The Hall–Kier alpha value is -1.90. The van der Waals surface area contributed by atoms with E-state index in [2.05, 4.69) is 10.3 Å². The third kappa shape index (κ3) is 4.39. The predicted octanol–water partition coefficient (Wildman–Crippen LogP) is 2.42. The average molecular weight is 385 g/mol. The molecule has 1 aromatic carbocycles. The van der Waals surface area contributed by atoms with E-state index in [-0.39, 0.29) is 23.3 Å². The maximum atomic E-state index is 12.8. The number of halogens is 1. The highest BCUT2D eigenvalue weighted by molar-refractivity contribution is 7.89. The van der Waals surface area contributed by atoms with Gasteiger partial charge in [-0.2, -0.15) is 4.31 Å². The van der Waals surface area contributed by atoms with Crippen LogP contribution in [0.3, 0.4) is 0 Å². The second-order valence-corrected chi connectivity index (χ2v) is 7.86. The van der Waals surface area contributed by atoms with Crippen LogP contribution in [-0.4, -0.2) is 41.3 Å². The Morgan fingerprint density at radius 3 is 2.60 bits per heavy atom. The number of nitrogens with zero attached hydrogens (tertiary/aromatic N) is 3. The number of sulfonamides is 1. The molecule has 136 valence electrons. The van der Waals surface area contributed by atoms with E-state index in [1.807, 2.05) is 26.0 Å². The molecular weight excluding hydrogens is 364 g/mol. The van der Waals surface area contributed by atoms with E-state index >= 15 is 0 Å². The Bertz CT molecular complexity index is 864. The third-order valence-electron chi connectivity index (χ3n) is 3.63. The number of anilines is 1. The third-order valence-corrected chi connectivity index (χ3v) is 5.97. The molecule has 1 aromatic heterocycles. The summed E-state index contributed by atoms with van der Waals surface area (Å²) in [6.45, 7) is 3.58. The monoisotopic (exact) mass is 384 g/mol. The van der Waals surface area contributed by atoms with E-state index in [0.29, 0.717) is 12.1 Å². The minimum Gasteiger partial charge on any atom is -0.325 e. The van der Waals surface area contributed by atoms with Gasteiger partial charge in [-0.05, 0) is 25.0 Å². The first-order valence-electron chi connectivity index (χ1n) is 7.79. The van der Waals surface area contributed by atoms with Crippen molar-refractivity contribution in [2.75, 3.05) is 18.4 Å². The normalized spacial score (nSPS) is 11.7. The Morgan fingerprint density at radius 2 is 2.04 bits per heavy atom. The van der Waals surface area contributed by atoms with E-state index < -0.39 is 15.9 Å². The lowest BCUT2D eigenvalue weighted by atomic mass is 10.2. The number of nitrogens with one attached hydrogen (secondary N) is 1. The summed E-state index contributed by atoms with van der Waals surface area (Å²) in [6, 6.07) is 7.30. The summed E-state index contributed by atoms with van der Waals surface area (Å²) >= 11 is 6.02. The average Bonchev–Trinajstić information content (AvgIpc) is 2.89. The summed E-state index contributed by atoms with van der Waals surface area (Å²) in [5, 5.41) is 2.51. The molecule has 7 nitrogen and oxygen atoms in total. The van der Waals surface area contributed by atoms with Gasteiger partial charge in [0, 0.05) is 19.3 Å². The molecule has 2 aromatic rings. The lowest BCUT2D eigenvalue weighted by Gasteiger charge is -2.20. The number of rotatable bonds is 7. The predicted molar refractivity (Wildman–Crippen MR) is 97.1 cm³/mol. The number of para-hydroxylation sites is 1. The van der Waals surface area contributed by atoms with Crippen LogP contribution in [0.1, 0.15) is 18.9 Å². The van der Waals surface area contributed by atoms with E-state index in [4.69, 9.17) is 11.6 Å². The summed E-state index contributed by atoms with van der Waals surface area (Å²) in [7, 11) is -2.36. The standard InChI is InChI=1S/C16H21ClN4O3S/c1-4-9-21(25(23,24)16-15(17)20(3)11-18-16)10-14(22)19-13-8-6-5-7-12(13)2/h5-8,11H,4,9-10H2,1-3H3,(H,19,22). The summed E-state index contributed by atoms with van der Waals surface area (Å²) < 4.78 is 28.1. The Morgan fingerprint density at radius 1 is 1.36 bits per heavy atom. The lowest BCUT2D eigenvalue weighted by Crippen LogP contribution is -2.38. The molecule has 0 saturated heterocycles. The van der Waals surface area contributed by atoms with E-state index in [0.717, 1.165) is 9.87 Å². The molecule has 0 saturated carbocycles. The molecule has 1 amide bonds. The Balaban J connectivity index is 2.21. The fraction of sp³-hybridized carbons (Fsp3) is 0.375. The van der Waals surface area contributed by atoms with Gasteiger partial charge < -0.3 is 9.88 Å². The maximum Gasteiger partial charge on any atom is 0.264 e. The Labute approximate surface area is 152 Å². The van der Waals surface area contributed by atoms with Crippen LogP contribution in [0.25, 0.3) is 0 Å². The molecule has 0 aliphatic carbocycles. The van der Waals surface area contributed by atoms with Crippen LogP contribution >= 0.6 is 11.6 Å². The first-order valence-corrected chi connectivity index (χ1v) is 9.61. The topological polar surface area (TPSA) is 84.3 Å². The van der Waals surface area contributed by atoms with Gasteiger partial charge in [0.25, 0.3) is 10.0 Å². The van der Waals surface area contributed by atoms with Crippen LogP contribution in [0.15, 0.2) is 35.6 Å². The van der Waals surface area contributed by atoms with Gasteiger partial charge in [-0.1, -0.05) is 36.7 Å². The number of aryl methyl sites for hydroxylation is 2. The fourth-order valence-electron chi connectivity index (χ4n) is 2.29. The fourth-order valence-corrected chi connectivity index (χ4v) is 4.16. The molecule has 25 heavy (non-hydrogen) atoms. The first-order chi connectivity index (χ1) is 11.8. The van der Waals surface area contributed by atoms with Gasteiger partial charge in [-0.15, -0.1) is 0 Å². The lowest BCUT2D eigenvalue weighted by molar-refractivity contribution is -0.116. The van der Waals surface area contributed by atoms with Gasteiger partial charge >= 0.3 is 0 Å². The number of aromatic nitrogens is 2. The van der Waals surface area contributed by atoms with Gasteiger partial charge in [-0.25, -0.2) is 13.4 Å². The number of imidazole rings is 1. The van der Waals surface area contributed by atoms with Gasteiger partial charge in [-0.3, -0.25) is 4.79 Å². The van der Waals surface area contributed by atoms with Crippen molar-refractivity contribution in [3.63, 3.8) is 0 Å². The van der Waals surface area contributed by atoms with Crippen molar-refractivity contribution < 1.29 is 13.2 Å².